The summed E-state index contributed by atoms with van der Waals surface area (Å²) in [6.07, 6.45) is 8.18. The Kier molecular flexibility index (Phi) is 7.93. The molecule has 0 bridgehead atoms. The monoisotopic (exact) mass is 357 g/mol. The van der Waals surface area contributed by atoms with E-state index in [0.29, 0.717) is 37.4 Å². The summed E-state index contributed by atoms with van der Waals surface area (Å²) >= 11 is 0. The molecule has 0 radical (unpaired) electrons. The third kappa shape index (κ3) is 7.21. The fraction of sp³-hybridized carbons (Fsp3) is 0.444. The summed E-state index contributed by atoms with van der Waals surface area (Å²) in [6, 6.07) is 5.66. The summed E-state index contributed by atoms with van der Waals surface area (Å²) in [5.41, 5.74) is 0.637. The first-order chi connectivity index (χ1) is 12.7. The van der Waals surface area contributed by atoms with E-state index in [1.165, 1.54) is 0 Å². The molecule has 0 unspecified atom stereocenters. The fourth-order valence-electron chi connectivity index (χ4n) is 2.35. The lowest BCUT2D eigenvalue weighted by atomic mass is 10.2. The number of aryl methyl sites for hydroxylation is 1. The predicted molar refractivity (Wildman–Crippen MR) is 94.7 cm³/mol. The second-order valence-electron chi connectivity index (χ2n) is 5.87. The first kappa shape index (κ1) is 19.2. The number of rotatable bonds is 11. The van der Waals surface area contributed by atoms with Crippen molar-refractivity contribution < 1.29 is 14.0 Å². The van der Waals surface area contributed by atoms with Gasteiger partial charge in [-0.3, -0.25) is 14.3 Å². The number of carbonyl (C=O) groups is 2. The summed E-state index contributed by atoms with van der Waals surface area (Å²) in [5, 5.41) is 18.2. The fourth-order valence-corrected chi connectivity index (χ4v) is 2.35. The minimum absolute atomic E-state index is 0.112. The van der Waals surface area contributed by atoms with Crippen molar-refractivity contribution in [3.8, 4) is 6.07 Å². The van der Waals surface area contributed by atoms with Crippen LogP contribution >= 0.6 is 0 Å². The number of aromatic nitrogens is 2. The van der Waals surface area contributed by atoms with Gasteiger partial charge in [-0.25, -0.2) is 0 Å². The second kappa shape index (κ2) is 10.7. The van der Waals surface area contributed by atoms with E-state index in [0.717, 1.165) is 12.8 Å². The maximum Gasteiger partial charge on any atom is 0.224 e. The highest BCUT2D eigenvalue weighted by Gasteiger charge is 2.07. The van der Waals surface area contributed by atoms with Crippen LogP contribution in [0.1, 0.15) is 44.3 Å². The van der Waals surface area contributed by atoms with Gasteiger partial charge in [0.05, 0.1) is 30.8 Å². The molecule has 2 amide bonds. The number of unbranched alkanes of at least 4 members (excludes halogenated alkanes) is 2. The molecule has 2 heterocycles. The SMILES string of the molecule is N#CCCCCn1cc(NC(=O)CCCC(=O)NCc2ccco2)cn1. The molecule has 138 valence electrons. The number of hydrogen-bond acceptors (Lipinski definition) is 5. The molecule has 0 spiro atoms. The molecule has 0 saturated carbocycles. The lowest BCUT2D eigenvalue weighted by Crippen LogP contribution is -2.22. The highest BCUT2D eigenvalue weighted by molar-refractivity contribution is 5.90. The van der Waals surface area contributed by atoms with Crippen molar-refractivity contribution in [1.82, 2.24) is 15.1 Å². The van der Waals surface area contributed by atoms with E-state index in [1.54, 1.807) is 35.5 Å². The molecule has 26 heavy (non-hydrogen) atoms. The Bertz CT molecular complexity index is 730. The van der Waals surface area contributed by atoms with E-state index < -0.39 is 0 Å². The van der Waals surface area contributed by atoms with Crippen LogP contribution in [-0.4, -0.2) is 21.6 Å². The molecule has 0 aliphatic carbocycles. The molecule has 8 nitrogen and oxygen atoms in total. The average molecular weight is 357 g/mol. The van der Waals surface area contributed by atoms with Crippen LogP contribution in [0.15, 0.2) is 35.2 Å². The molecule has 0 saturated heterocycles. The topological polar surface area (TPSA) is 113 Å². The number of hydrogen-bond donors (Lipinski definition) is 2. The van der Waals surface area contributed by atoms with Crippen molar-refractivity contribution >= 4 is 17.5 Å². The quantitative estimate of drug-likeness (QED) is 0.600. The van der Waals surface area contributed by atoms with Gasteiger partial charge in [0, 0.05) is 32.0 Å². The van der Waals surface area contributed by atoms with Crippen molar-refractivity contribution in [3.63, 3.8) is 0 Å². The third-order valence-electron chi connectivity index (χ3n) is 3.69. The van der Waals surface area contributed by atoms with Crippen LogP contribution in [0.2, 0.25) is 0 Å². The van der Waals surface area contributed by atoms with Crippen LogP contribution in [0.5, 0.6) is 0 Å². The number of nitriles is 1. The van der Waals surface area contributed by atoms with E-state index in [9.17, 15) is 9.59 Å². The van der Waals surface area contributed by atoms with E-state index in [2.05, 4.69) is 21.8 Å². The molecular formula is C18H23N5O3. The van der Waals surface area contributed by atoms with Crippen LogP contribution in [0.4, 0.5) is 5.69 Å². The van der Waals surface area contributed by atoms with E-state index in [4.69, 9.17) is 9.68 Å². The van der Waals surface area contributed by atoms with Crippen LogP contribution < -0.4 is 10.6 Å². The summed E-state index contributed by atoms with van der Waals surface area (Å²) in [5.74, 6) is 0.438. The average Bonchev–Trinajstić information content (AvgIpc) is 3.29. The Morgan fingerprint density at radius 2 is 2.08 bits per heavy atom. The van der Waals surface area contributed by atoms with Gasteiger partial charge in [-0.1, -0.05) is 0 Å². The van der Waals surface area contributed by atoms with Gasteiger partial charge >= 0.3 is 0 Å². The van der Waals surface area contributed by atoms with E-state index >= 15 is 0 Å². The Hall–Kier alpha value is -3.08. The zero-order valence-corrected chi connectivity index (χ0v) is 14.6. The highest BCUT2D eigenvalue weighted by atomic mass is 16.3. The van der Waals surface area contributed by atoms with Gasteiger partial charge in [-0.05, 0) is 31.4 Å². The third-order valence-corrected chi connectivity index (χ3v) is 3.69. The molecule has 0 fully saturated rings. The standard InChI is InChI=1S/C18H23N5O3/c19-9-2-1-3-10-23-14-15(12-21-23)22-18(25)8-4-7-17(24)20-13-16-6-5-11-26-16/h5-6,11-12,14H,1-4,7-8,10,13H2,(H,20,24)(H,22,25). The Labute approximate surface area is 152 Å². The maximum absolute atomic E-state index is 11.9. The summed E-state index contributed by atoms with van der Waals surface area (Å²) < 4.78 is 6.88. The van der Waals surface area contributed by atoms with Crippen LogP contribution in [0, 0.1) is 11.3 Å². The zero-order valence-electron chi connectivity index (χ0n) is 14.6. The molecule has 2 aromatic rings. The number of amides is 2. The Balaban J connectivity index is 1.59. The zero-order chi connectivity index (χ0) is 18.6. The highest BCUT2D eigenvalue weighted by Crippen LogP contribution is 2.08. The number of nitrogens with one attached hydrogen (secondary N) is 2. The van der Waals surface area contributed by atoms with Crippen molar-refractivity contribution in [2.45, 2.75) is 51.6 Å². The van der Waals surface area contributed by atoms with Gasteiger partial charge in [0.15, 0.2) is 0 Å². The summed E-state index contributed by atoms with van der Waals surface area (Å²) in [6.45, 7) is 1.07. The van der Waals surface area contributed by atoms with Gasteiger partial charge in [0.25, 0.3) is 0 Å². The molecule has 2 rings (SSSR count). The van der Waals surface area contributed by atoms with E-state index in [1.807, 2.05) is 0 Å². The predicted octanol–water partition coefficient (Wildman–Crippen LogP) is 2.60. The number of carbonyl (C=O) groups excluding carboxylic acids is 2. The van der Waals surface area contributed by atoms with Crippen LogP contribution in [0.3, 0.4) is 0 Å². The second-order valence-corrected chi connectivity index (χ2v) is 5.87. The Morgan fingerprint density at radius 1 is 1.23 bits per heavy atom. The molecule has 2 aromatic heterocycles. The van der Waals surface area contributed by atoms with Gasteiger partial charge in [0.1, 0.15) is 5.76 Å². The van der Waals surface area contributed by atoms with Crippen molar-refractivity contribution in [2.24, 2.45) is 0 Å². The lowest BCUT2D eigenvalue weighted by Gasteiger charge is -2.04. The lowest BCUT2D eigenvalue weighted by molar-refractivity contribution is -0.121. The molecule has 8 heteroatoms. The first-order valence-corrected chi connectivity index (χ1v) is 8.65. The number of anilines is 1. The van der Waals surface area contributed by atoms with E-state index in [-0.39, 0.29) is 24.7 Å². The first-order valence-electron chi connectivity index (χ1n) is 8.65. The minimum Gasteiger partial charge on any atom is -0.467 e. The summed E-state index contributed by atoms with van der Waals surface area (Å²) in [4.78, 5) is 23.6. The molecule has 0 aliphatic rings. The maximum atomic E-state index is 11.9. The van der Waals surface area contributed by atoms with Gasteiger partial charge < -0.3 is 15.1 Å². The van der Waals surface area contributed by atoms with Crippen molar-refractivity contribution in [1.29, 1.82) is 5.26 Å². The largest absolute Gasteiger partial charge is 0.467 e. The molecular weight excluding hydrogens is 334 g/mol. The van der Waals surface area contributed by atoms with Crippen molar-refractivity contribution in [3.05, 3.63) is 36.5 Å². The molecule has 0 aliphatic heterocycles. The normalized spacial score (nSPS) is 10.3. The molecule has 2 N–H and O–H groups in total. The Morgan fingerprint density at radius 3 is 2.85 bits per heavy atom. The molecule has 0 aromatic carbocycles. The van der Waals surface area contributed by atoms with Gasteiger partial charge in [-0.2, -0.15) is 10.4 Å². The van der Waals surface area contributed by atoms with Gasteiger partial charge in [-0.15, -0.1) is 0 Å². The number of furan rings is 1. The van der Waals surface area contributed by atoms with Crippen molar-refractivity contribution in [2.75, 3.05) is 5.32 Å². The van der Waals surface area contributed by atoms with Crippen LogP contribution in [0.25, 0.3) is 0 Å². The summed E-state index contributed by atoms with van der Waals surface area (Å²) in [7, 11) is 0. The molecule has 0 atom stereocenters. The minimum atomic E-state index is -0.145. The van der Waals surface area contributed by atoms with Gasteiger partial charge in [0.2, 0.25) is 11.8 Å². The number of nitrogens with zero attached hydrogens (tertiary/aromatic N) is 3. The van der Waals surface area contributed by atoms with Crippen LogP contribution in [-0.2, 0) is 22.7 Å². The smallest absolute Gasteiger partial charge is 0.224 e.